The van der Waals surface area contributed by atoms with Crippen LogP contribution in [-0.4, -0.2) is 20.8 Å². The predicted molar refractivity (Wildman–Crippen MR) is 82.5 cm³/mol. The molecule has 0 aliphatic heterocycles. The Kier molecular flexibility index (Phi) is 5.48. The molecule has 1 unspecified atom stereocenters. The number of rotatable bonds is 7. The van der Waals surface area contributed by atoms with E-state index >= 15 is 0 Å². The standard InChI is InChI=1S/C17H25NO2/c1-13(18-11-10-14-6-4-5-7-14)15-8-9-16(19-2)17(12-15)20-3/h6,8-9,12-13,18H,4-5,7,10-11H2,1-3H3. The number of methoxy groups -OCH3 is 2. The Bertz CT molecular complexity index is 468. The summed E-state index contributed by atoms with van der Waals surface area (Å²) in [6.45, 7) is 3.21. The van der Waals surface area contributed by atoms with E-state index in [0.29, 0.717) is 6.04 Å². The summed E-state index contributed by atoms with van der Waals surface area (Å²) >= 11 is 0. The molecule has 0 radical (unpaired) electrons. The van der Waals surface area contributed by atoms with Crippen LogP contribution in [0.4, 0.5) is 0 Å². The summed E-state index contributed by atoms with van der Waals surface area (Å²) in [5.74, 6) is 1.57. The van der Waals surface area contributed by atoms with Crippen molar-refractivity contribution in [2.45, 2.75) is 38.6 Å². The monoisotopic (exact) mass is 275 g/mol. The molecule has 1 N–H and O–H groups in total. The summed E-state index contributed by atoms with van der Waals surface area (Å²) in [7, 11) is 3.33. The smallest absolute Gasteiger partial charge is 0.161 e. The van der Waals surface area contributed by atoms with Gasteiger partial charge in [0.15, 0.2) is 11.5 Å². The van der Waals surface area contributed by atoms with E-state index in [4.69, 9.17) is 9.47 Å². The van der Waals surface area contributed by atoms with Gasteiger partial charge < -0.3 is 14.8 Å². The summed E-state index contributed by atoms with van der Waals surface area (Å²) in [5.41, 5.74) is 2.83. The molecular formula is C17H25NO2. The zero-order chi connectivity index (χ0) is 14.4. The van der Waals surface area contributed by atoms with Gasteiger partial charge in [-0.1, -0.05) is 17.7 Å². The minimum Gasteiger partial charge on any atom is -0.493 e. The molecule has 0 saturated carbocycles. The number of hydrogen-bond donors (Lipinski definition) is 1. The van der Waals surface area contributed by atoms with Gasteiger partial charge >= 0.3 is 0 Å². The highest BCUT2D eigenvalue weighted by Gasteiger charge is 2.10. The summed E-state index contributed by atoms with van der Waals surface area (Å²) in [6, 6.07) is 6.42. The van der Waals surface area contributed by atoms with Crippen molar-refractivity contribution in [1.82, 2.24) is 5.32 Å². The van der Waals surface area contributed by atoms with E-state index in [2.05, 4.69) is 24.4 Å². The summed E-state index contributed by atoms with van der Waals surface area (Å²) in [5, 5.41) is 3.58. The van der Waals surface area contributed by atoms with Gasteiger partial charge in [0.2, 0.25) is 0 Å². The Balaban J connectivity index is 1.89. The maximum atomic E-state index is 5.35. The van der Waals surface area contributed by atoms with Crippen molar-refractivity contribution >= 4 is 0 Å². The van der Waals surface area contributed by atoms with Crippen molar-refractivity contribution in [3.05, 3.63) is 35.4 Å². The predicted octanol–water partition coefficient (Wildman–Crippen LogP) is 3.85. The summed E-state index contributed by atoms with van der Waals surface area (Å²) in [4.78, 5) is 0. The van der Waals surface area contributed by atoms with Crippen molar-refractivity contribution in [2.24, 2.45) is 0 Å². The van der Waals surface area contributed by atoms with Crippen LogP contribution in [0.2, 0.25) is 0 Å². The number of nitrogens with one attached hydrogen (secondary N) is 1. The van der Waals surface area contributed by atoms with Gasteiger partial charge in [0.25, 0.3) is 0 Å². The fourth-order valence-electron chi connectivity index (χ4n) is 2.65. The van der Waals surface area contributed by atoms with E-state index < -0.39 is 0 Å². The van der Waals surface area contributed by atoms with Crippen LogP contribution >= 0.6 is 0 Å². The lowest BCUT2D eigenvalue weighted by molar-refractivity contribution is 0.354. The molecule has 20 heavy (non-hydrogen) atoms. The Morgan fingerprint density at radius 3 is 2.65 bits per heavy atom. The van der Waals surface area contributed by atoms with Gasteiger partial charge in [-0.3, -0.25) is 0 Å². The van der Waals surface area contributed by atoms with E-state index in [9.17, 15) is 0 Å². The zero-order valence-corrected chi connectivity index (χ0v) is 12.7. The van der Waals surface area contributed by atoms with Crippen molar-refractivity contribution in [2.75, 3.05) is 20.8 Å². The van der Waals surface area contributed by atoms with Crippen LogP contribution in [0.3, 0.4) is 0 Å². The van der Waals surface area contributed by atoms with E-state index in [0.717, 1.165) is 24.5 Å². The van der Waals surface area contributed by atoms with Crippen molar-refractivity contribution < 1.29 is 9.47 Å². The first-order valence-electron chi connectivity index (χ1n) is 7.38. The normalized spacial score (nSPS) is 15.8. The van der Waals surface area contributed by atoms with Crippen LogP contribution in [-0.2, 0) is 0 Å². The molecule has 0 bridgehead atoms. The highest BCUT2D eigenvalue weighted by Crippen LogP contribution is 2.30. The maximum Gasteiger partial charge on any atom is 0.161 e. The third-order valence-corrected chi connectivity index (χ3v) is 3.94. The van der Waals surface area contributed by atoms with Gasteiger partial charge in [-0.15, -0.1) is 0 Å². The van der Waals surface area contributed by atoms with E-state index in [1.807, 2.05) is 12.1 Å². The minimum atomic E-state index is 0.316. The van der Waals surface area contributed by atoms with Crippen molar-refractivity contribution in [3.8, 4) is 11.5 Å². The topological polar surface area (TPSA) is 30.5 Å². The van der Waals surface area contributed by atoms with Crippen LogP contribution in [0.25, 0.3) is 0 Å². The highest BCUT2D eigenvalue weighted by atomic mass is 16.5. The molecule has 110 valence electrons. The first-order valence-corrected chi connectivity index (χ1v) is 7.38. The molecule has 0 fully saturated rings. The molecule has 2 rings (SSSR count). The molecule has 1 aromatic rings. The van der Waals surface area contributed by atoms with Crippen LogP contribution in [0.5, 0.6) is 11.5 Å². The van der Waals surface area contributed by atoms with Gasteiger partial charge in [-0.25, -0.2) is 0 Å². The lowest BCUT2D eigenvalue weighted by Gasteiger charge is -2.16. The molecule has 0 aromatic heterocycles. The molecule has 0 heterocycles. The fraction of sp³-hybridized carbons (Fsp3) is 0.529. The van der Waals surface area contributed by atoms with E-state index in [-0.39, 0.29) is 0 Å². The second-order valence-electron chi connectivity index (χ2n) is 5.29. The minimum absolute atomic E-state index is 0.316. The van der Waals surface area contributed by atoms with Gasteiger partial charge in [0, 0.05) is 6.04 Å². The third kappa shape index (κ3) is 3.76. The Hall–Kier alpha value is -1.48. The van der Waals surface area contributed by atoms with Crippen molar-refractivity contribution in [3.63, 3.8) is 0 Å². The number of ether oxygens (including phenoxy) is 2. The average Bonchev–Trinajstić information content (AvgIpc) is 2.99. The largest absolute Gasteiger partial charge is 0.493 e. The number of allylic oxidation sites excluding steroid dienone is 1. The van der Waals surface area contributed by atoms with Crippen LogP contribution in [0.1, 0.15) is 44.2 Å². The lowest BCUT2D eigenvalue weighted by Crippen LogP contribution is -2.20. The highest BCUT2D eigenvalue weighted by molar-refractivity contribution is 5.43. The SMILES string of the molecule is COc1ccc(C(C)NCCC2=CCCC2)cc1OC. The molecule has 1 aliphatic carbocycles. The van der Waals surface area contributed by atoms with Crippen LogP contribution < -0.4 is 14.8 Å². The Labute approximate surface area is 122 Å². The molecule has 0 spiro atoms. The second-order valence-corrected chi connectivity index (χ2v) is 5.29. The molecule has 1 atom stereocenters. The molecule has 0 amide bonds. The second kappa shape index (κ2) is 7.34. The maximum absolute atomic E-state index is 5.35. The molecule has 1 aromatic carbocycles. The lowest BCUT2D eigenvalue weighted by atomic mass is 10.1. The van der Waals surface area contributed by atoms with E-state index in [1.54, 1.807) is 19.8 Å². The van der Waals surface area contributed by atoms with Gasteiger partial charge in [0.1, 0.15) is 0 Å². The summed E-state index contributed by atoms with van der Waals surface area (Å²) < 4.78 is 10.6. The molecular weight excluding hydrogens is 250 g/mol. The van der Waals surface area contributed by atoms with Gasteiger partial charge in [-0.05, 0) is 56.8 Å². The fourth-order valence-corrected chi connectivity index (χ4v) is 2.65. The van der Waals surface area contributed by atoms with Crippen LogP contribution in [0.15, 0.2) is 29.8 Å². The van der Waals surface area contributed by atoms with Gasteiger partial charge in [0.05, 0.1) is 14.2 Å². The van der Waals surface area contributed by atoms with Crippen molar-refractivity contribution in [1.29, 1.82) is 0 Å². The first-order chi connectivity index (χ1) is 9.74. The summed E-state index contributed by atoms with van der Waals surface area (Å²) in [6.07, 6.45) is 7.44. The molecule has 3 nitrogen and oxygen atoms in total. The molecule has 1 aliphatic rings. The van der Waals surface area contributed by atoms with Crippen LogP contribution in [0, 0.1) is 0 Å². The Morgan fingerprint density at radius 2 is 2.00 bits per heavy atom. The average molecular weight is 275 g/mol. The zero-order valence-electron chi connectivity index (χ0n) is 12.7. The van der Waals surface area contributed by atoms with Gasteiger partial charge in [-0.2, -0.15) is 0 Å². The molecule has 0 saturated heterocycles. The van der Waals surface area contributed by atoms with E-state index in [1.165, 1.54) is 24.8 Å². The number of benzene rings is 1. The quantitative estimate of drug-likeness (QED) is 0.767. The first kappa shape index (κ1) is 14.9. The number of hydrogen-bond acceptors (Lipinski definition) is 3. The Morgan fingerprint density at radius 1 is 1.20 bits per heavy atom. The third-order valence-electron chi connectivity index (χ3n) is 3.94. The molecule has 3 heteroatoms.